The molecule has 0 bridgehead atoms. The summed E-state index contributed by atoms with van der Waals surface area (Å²) in [4.78, 5) is 13.7. The van der Waals surface area contributed by atoms with Crippen LogP contribution in [-0.2, 0) is 0 Å². The van der Waals surface area contributed by atoms with Crippen LogP contribution in [0.1, 0.15) is 17.4 Å². The second kappa shape index (κ2) is 5.75. The summed E-state index contributed by atoms with van der Waals surface area (Å²) in [5.74, 6) is -0.747. The number of carbonyl (C=O) groups is 1. The van der Waals surface area contributed by atoms with E-state index in [2.05, 4.69) is 10.2 Å². The van der Waals surface area contributed by atoms with Crippen molar-refractivity contribution in [3.63, 3.8) is 0 Å². The Kier molecular flexibility index (Phi) is 4.06. The van der Waals surface area contributed by atoms with Gasteiger partial charge in [0.05, 0.1) is 0 Å². The molecule has 4 nitrogen and oxygen atoms in total. The second-order valence-corrected chi connectivity index (χ2v) is 4.16. The minimum Gasteiger partial charge on any atom is -0.307 e. The van der Waals surface area contributed by atoms with E-state index in [0.717, 1.165) is 0 Å². The Morgan fingerprint density at radius 3 is 2.68 bits per heavy atom. The van der Waals surface area contributed by atoms with Crippen molar-refractivity contribution in [2.75, 3.05) is 11.4 Å². The van der Waals surface area contributed by atoms with E-state index in [1.54, 1.807) is 19.1 Å². The van der Waals surface area contributed by atoms with Gasteiger partial charge in [0, 0.05) is 12.2 Å². The van der Waals surface area contributed by atoms with E-state index in [4.69, 9.17) is 11.6 Å². The van der Waals surface area contributed by atoms with E-state index in [-0.39, 0.29) is 16.8 Å². The molecule has 2 aromatic rings. The molecule has 0 aliphatic heterocycles. The molecule has 1 amide bonds. The molecular weight excluding hydrogens is 269 g/mol. The molecular formula is C13H11ClFN3O. The first-order chi connectivity index (χ1) is 9.11. The molecule has 0 saturated carbocycles. The first-order valence-electron chi connectivity index (χ1n) is 5.68. The quantitative estimate of drug-likeness (QED) is 0.868. The lowest BCUT2D eigenvalue weighted by Gasteiger charge is -2.20. The Labute approximate surface area is 114 Å². The van der Waals surface area contributed by atoms with Gasteiger partial charge in [-0.3, -0.25) is 4.79 Å². The standard InChI is InChI=1S/C13H11ClFN3O/c1-2-18(10-5-3-4-9(15)8-10)13(19)11-6-7-12(14)17-16-11/h3-8H,2H2,1H3. The number of hydrogen-bond donors (Lipinski definition) is 0. The van der Waals surface area contributed by atoms with Crippen LogP contribution in [0.4, 0.5) is 10.1 Å². The highest BCUT2D eigenvalue weighted by molar-refractivity contribution is 6.29. The van der Waals surface area contributed by atoms with Crippen molar-refractivity contribution in [1.29, 1.82) is 0 Å². The Morgan fingerprint density at radius 1 is 1.32 bits per heavy atom. The van der Waals surface area contributed by atoms with Crippen molar-refractivity contribution in [1.82, 2.24) is 10.2 Å². The molecule has 19 heavy (non-hydrogen) atoms. The molecule has 0 fully saturated rings. The molecule has 0 atom stereocenters. The lowest BCUT2D eigenvalue weighted by atomic mass is 10.2. The van der Waals surface area contributed by atoms with E-state index < -0.39 is 5.82 Å². The Morgan fingerprint density at radius 2 is 2.11 bits per heavy atom. The highest BCUT2D eigenvalue weighted by Gasteiger charge is 2.18. The summed E-state index contributed by atoms with van der Waals surface area (Å²) in [5.41, 5.74) is 0.639. The van der Waals surface area contributed by atoms with Gasteiger partial charge in [-0.2, -0.15) is 0 Å². The zero-order valence-electron chi connectivity index (χ0n) is 10.2. The van der Waals surface area contributed by atoms with Crippen molar-refractivity contribution >= 4 is 23.2 Å². The lowest BCUT2D eigenvalue weighted by molar-refractivity contribution is 0.0982. The van der Waals surface area contributed by atoms with Gasteiger partial charge >= 0.3 is 0 Å². The minimum atomic E-state index is -0.397. The van der Waals surface area contributed by atoms with Crippen LogP contribution in [-0.4, -0.2) is 22.6 Å². The van der Waals surface area contributed by atoms with E-state index in [0.29, 0.717) is 12.2 Å². The van der Waals surface area contributed by atoms with Gasteiger partial charge in [-0.05, 0) is 37.3 Å². The summed E-state index contributed by atoms with van der Waals surface area (Å²) in [7, 11) is 0. The third-order valence-electron chi connectivity index (χ3n) is 2.53. The molecule has 0 radical (unpaired) electrons. The van der Waals surface area contributed by atoms with Crippen LogP contribution in [0.25, 0.3) is 0 Å². The van der Waals surface area contributed by atoms with Crippen LogP contribution >= 0.6 is 11.6 Å². The molecule has 98 valence electrons. The number of rotatable bonds is 3. The summed E-state index contributed by atoms with van der Waals surface area (Å²) in [6.07, 6.45) is 0. The molecule has 6 heteroatoms. The fourth-order valence-corrected chi connectivity index (χ4v) is 1.76. The fraction of sp³-hybridized carbons (Fsp3) is 0.154. The molecule has 0 aliphatic rings. The van der Waals surface area contributed by atoms with Crippen LogP contribution < -0.4 is 4.90 Å². The normalized spacial score (nSPS) is 10.3. The molecule has 2 rings (SSSR count). The number of halogens is 2. The number of aromatic nitrogens is 2. The average molecular weight is 280 g/mol. The molecule has 0 saturated heterocycles. The first-order valence-corrected chi connectivity index (χ1v) is 6.06. The molecule has 0 unspecified atom stereocenters. The highest BCUT2D eigenvalue weighted by Crippen LogP contribution is 2.17. The number of nitrogens with zero attached hydrogens (tertiary/aromatic N) is 3. The minimum absolute atomic E-state index is 0.163. The van der Waals surface area contributed by atoms with Gasteiger partial charge in [0.2, 0.25) is 0 Å². The summed E-state index contributed by atoms with van der Waals surface area (Å²) in [6, 6.07) is 8.80. The lowest BCUT2D eigenvalue weighted by Crippen LogP contribution is -2.31. The molecule has 1 heterocycles. The smallest absolute Gasteiger partial charge is 0.278 e. The number of amides is 1. The van der Waals surface area contributed by atoms with E-state index in [1.807, 2.05) is 0 Å². The monoisotopic (exact) mass is 279 g/mol. The van der Waals surface area contributed by atoms with E-state index >= 15 is 0 Å². The van der Waals surface area contributed by atoms with Gasteiger partial charge < -0.3 is 4.90 Å². The molecule has 0 aliphatic carbocycles. The summed E-state index contributed by atoms with van der Waals surface area (Å²) in [6.45, 7) is 2.19. The predicted molar refractivity (Wildman–Crippen MR) is 70.8 cm³/mol. The van der Waals surface area contributed by atoms with Crippen molar-refractivity contribution < 1.29 is 9.18 Å². The zero-order chi connectivity index (χ0) is 13.8. The molecule has 0 N–H and O–H groups in total. The topological polar surface area (TPSA) is 46.1 Å². The number of carbonyl (C=O) groups excluding carboxylic acids is 1. The van der Waals surface area contributed by atoms with Crippen molar-refractivity contribution in [2.24, 2.45) is 0 Å². The second-order valence-electron chi connectivity index (χ2n) is 3.77. The van der Waals surface area contributed by atoms with E-state index in [1.165, 1.54) is 29.2 Å². The van der Waals surface area contributed by atoms with Crippen LogP contribution in [0.3, 0.4) is 0 Å². The van der Waals surface area contributed by atoms with Crippen LogP contribution in [0.2, 0.25) is 5.15 Å². The Balaban J connectivity index is 2.31. The molecule has 0 spiro atoms. The van der Waals surface area contributed by atoms with Gasteiger partial charge in [-0.25, -0.2) is 4.39 Å². The maximum Gasteiger partial charge on any atom is 0.278 e. The van der Waals surface area contributed by atoms with Gasteiger partial charge in [-0.1, -0.05) is 17.7 Å². The van der Waals surface area contributed by atoms with Gasteiger partial charge in [0.25, 0.3) is 5.91 Å². The number of anilines is 1. The van der Waals surface area contributed by atoms with Gasteiger partial charge in [0.1, 0.15) is 5.82 Å². The predicted octanol–water partition coefficient (Wildman–Crippen LogP) is 2.94. The maximum atomic E-state index is 13.2. The van der Waals surface area contributed by atoms with Crippen LogP contribution in [0.5, 0.6) is 0 Å². The largest absolute Gasteiger partial charge is 0.307 e. The van der Waals surface area contributed by atoms with Crippen LogP contribution in [0, 0.1) is 5.82 Å². The first kappa shape index (κ1) is 13.4. The highest BCUT2D eigenvalue weighted by atomic mass is 35.5. The summed E-state index contributed by atoms with van der Waals surface area (Å²) in [5, 5.41) is 7.56. The third-order valence-corrected chi connectivity index (χ3v) is 2.73. The Bertz CT molecular complexity index is 589. The average Bonchev–Trinajstić information content (AvgIpc) is 2.40. The zero-order valence-corrected chi connectivity index (χ0v) is 10.9. The fourth-order valence-electron chi connectivity index (χ4n) is 1.66. The SMILES string of the molecule is CCN(C(=O)c1ccc(Cl)nn1)c1cccc(F)c1. The third kappa shape index (κ3) is 3.06. The summed E-state index contributed by atoms with van der Waals surface area (Å²) < 4.78 is 13.2. The molecule has 1 aromatic carbocycles. The van der Waals surface area contributed by atoms with Crippen molar-refractivity contribution in [3.05, 3.63) is 53.1 Å². The van der Waals surface area contributed by atoms with Crippen molar-refractivity contribution in [2.45, 2.75) is 6.92 Å². The summed E-state index contributed by atoms with van der Waals surface area (Å²) >= 11 is 5.62. The maximum absolute atomic E-state index is 13.2. The van der Waals surface area contributed by atoms with Crippen LogP contribution in [0.15, 0.2) is 36.4 Å². The molecule has 1 aromatic heterocycles. The van der Waals surface area contributed by atoms with Gasteiger partial charge in [-0.15, -0.1) is 10.2 Å². The van der Waals surface area contributed by atoms with Gasteiger partial charge in [0.15, 0.2) is 10.8 Å². The number of hydrogen-bond acceptors (Lipinski definition) is 3. The Hall–Kier alpha value is -2.01. The number of benzene rings is 1. The van der Waals surface area contributed by atoms with Crippen molar-refractivity contribution in [3.8, 4) is 0 Å². The van der Waals surface area contributed by atoms with E-state index in [9.17, 15) is 9.18 Å².